The molecule has 0 fully saturated rings. The summed E-state index contributed by atoms with van der Waals surface area (Å²) >= 11 is 0. The van der Waals surface area contributed by atoms with E-state index in [9.17, 15) is 12.8 Å². The Hall–Kier alpha value is -1.02. The van der Waals surface area contributed by atoms with E-state index in [1.54, 1.807) is 18.2 Å². The van der Waals surface area contributed by atoms with Crippen molar-refractivity contribution in [3.05, 3.63) is 35.6 Å². The number of unbranched alkanes of at least 4 members (excludes halogenated alkanes) is 1. The molecule has 0 aliphatic carbocycles. The summed E-state index contributed by atoms with van der Waals surface area (Å²) < 4.78 is 45.7. The summed E-state index contributed by atoms with van der Waals surface area (Å²) in [5.74, 6) is -0.861. The van der Waals surface area contributed by atoms with Crippen molar-refractivity contribution in [3.63, 3.8) is 0 Å². The van der Waals surface area contributed by atoms with Gasteiger partial charge in [0.2, 0.25) is 10.0 Å². The van der Waals surface area contributed by atoms with Crippen molar-refractivity contribution in [2.45, 2.75) is 38.1 Å². The highest BCUT2D eigenvalue weighted by Crippen LogP contribution is 2.27. The first-order chi connectivity index (χ1) is 10.8. The lowest BCUT2D eigenvalue weighted by atomic mass is 9.88. The Kier molecular flexibility index (Phi) is 8.11. The SMILES string of the molecule is CCCCOCCCC(N)(CS(=O)(=O)NC)c1ccccc1F. The van der Waals surface area contributed by atoms with E-state index in [1.165, 1.54) is 13.1 Å². The molecule has 1 atom stereocenters. The van der Waals surface area contributed by atoms with Gasteiger partial charge in [0.15, 0.2) is 0 Å². The summed E-state index contributed by atoms with van der Waals surface area (Å²) in [6, 6.07) is 6.04. The average Bonchev–Trinajstić information content (AvgIpc) is 2.50. The van der Waals surface area contributed by atoms with Gasteiger partial charge >= 0.3 is 0 Å². The molecule has 0 heterocycles. The number of halogens is 1. The van der Waals surface area contributed by atoms with Gasteiger partial charge in [-0.2, -0.15) is 0 Å². The van der Waals surface area contributed by atoms with E-state index in [4.69, 9.17) is 10.5 Å². The average molecular weight is 346 g/mol. The second kappa shape index (κ2) is 9.32. The zero-order valence-corrected chi connectivity index (χ0v) is 14.7. The van der Waals surface area contributed by atoms with E-state index in [-0.39, 0.29) is 11.3 Å². The van der Waals surface area contributed by atoms with Crippen molar-refractivity contribution in [1.29, 1.82) is 0 Å². The van der Waals surface area contributed by atoms with Gasteiger partial charge in [-0.3, -0.25) is 0 Å². The molecule has 1 aromatic carbocycles. The Bertz CT molecular complexity index is 580. The molecule has 1 rings (SSSR count). The summed E-state index contributed by atoms with van der Waals surface area (Å²) in [6.45, 7) is 3.23. The molecule has 0 aliphatic rings. The van der Waals surface area contributed by atoms with Crippen LogP contribution < -0.4 is 10.5 Å². The van der Waals surface area contributed by atoms with Crippen LogP contribution in [0.1, 0.15) is 38.2 Å². The Labute approximate surface area is 138 Å². The third-order valence-corrected chi connectivity index (χ3v) is 5.24. The van der Waals surface area contributed by atoms with Crippen molar-refractivity contribution in [1.82, 2.24) is 4.72 Å². The lowest BCUT2D eigenvalue weighted by molar-refractivity contribution is 0.123. The van der Waals surface area contributed by atoms with E-state index in [0.29, 0.717) is 26.1 Å². The van der Waals surface area contributed by atoms with E-state index in [1.807, 2.05) is 0 Å². The number of nitrogens with one attached hydrogen (secondary N) is 1. The molecule has 1 unspecified atom stereocenters. The Morgan fingerprint density at radius 3 is 2.52 bits per heavy atom. The number of benzene rings is 1. The lowest BCUT2D eigenvalue weighted by Crippen LogP contribution is -2.46. The fourth-order valence-electron chi connectivity index (χ4n) is 2.40. The van der Waals surface area contributed by atoms with Crippen LogP contribution in [0.15, 0.2) is 24.3 Å². The van der Waals surface area contributed by atoms with Crippen molar-refractivity contribution in [2.24, 2.45) is 5.73 Å². The highest BCUT2D eigenvalue weighted by atomic mass is 32.2. The minimum atomic E-state index is -3.58. The molecule has 0 amide bonds. The molecular weight excluding hydrogens is 319 g/mol. The monoisotopic (exact) mass is 346 g/mol. The Morgan fingerprint density at radius 1 is 1.26 bits per heavy atom. The van der Waals surface area contributed by atoms with E-state index >= 15 is 0 Å². The number of rotatable bonds is 11. The van der Waals surface area contributed by atoms with Gasteiger partial charge in [-0.1, -0.05) is 31.5 Å². The quantitative estimate of drug-likeness (QED) is 0.602. The summed E-state index contributed by atoms with van der Waals surface area (Å²) in [7, 11) is -2.25. The molecule has 23 heavy (non-hydrogen) atoms. The number of ether oxygens (including phenoxy) is 1. The van der Waals surface area contributed by atoms with Crippen LogP contribution in [0.3, 0.4) is 0 Å². The normalized spacial score (nSPS) is 14.6. The maximum Gasteiger partial charge on any atom is 0.213 e. The van der Waals surface area contributed by atoms with Gasteiger partial charge in [-0.15, -0.1) is 0 Å². The highest BCUT2D eigenvalue weighted by molar-refractivity contribution is 7.89. The third-order valence-electron chi connectivity index (χ3n) is 3.72. The van der Waals surface area contributed by atoms with Gasteiger partial charge in [0.05, 0.1) is 11.3 Å². The molecule has 0 aliphatic heterocycles. The first kappa shape index (κ1) is 20.0. The predicted octanol–water partition coefficient (Wildman–Crippen LogP) is 2.13. The molecule has 1 aromatic rings. The standard InChI is InChI=1S/C16H27FN2O3S/c1-3-4-11-22-12-7-10-16(18,13-23(20,21)19-2)14-8-5-6-9-15(14)17/h5-6,8-9,19H,3-4,7,10-13,18H2,1-2H3. The second-order valence-electron chi connectivity index (χ2n) is 5.67. The van der Waals surface area contributed by atoms with Gasteiger partial charge in [0, 0.05) is 18.8 Å². The molecule has 0 radical (unpaired) electrons. The first-order valence-electron chi connectivity index (χ1n) is 7.87. The largest absolute Gasteiger partial charge is 0.381 e. The van der Waals surface area contributed by atoms with Crippen LogP contribution >= 0.6 is 0 Å². The zero-order chi connectivity index (χ0) is 17.3. The molecular formula is C16H27FN2O3S. The zero-order valence-electron chi connectivity index (χ0n) is 13.8. The van der Waals surface area contributed by atoms with Crippen molar-refractivity contribution in [3.8, 4) is 0 Å². The lowest BCUT2D eigenvalue weighted by Gasteiger charge is -2.30. The molecule has 132 valence electrons. The Balaban J connectivity index is 2.83. The minimum Gasteiger partial charge on any atom is -0.381 e. The number of hydrogen-bond acceptors (Lipinski definition) is 4. The topological polar surface area (TPSA) is 81.4 Å². The van der Waals surface area contributed by atoms with Gasteiger partial charge in [-0.05, 0) is 32.4 Å². The maximum atomic E-state index is 14.1. The summed E-state index contributed by atoms with van der Waals surface area (Å²) in [6.07, 6.45) is 2.92. The molecule has 5 nitrogen and oxygen atoms in total. The highest BCUT2D eigenvalue weighted by Gasteiger charge is 2.34. The number of sulfonamides is 1. The summed E-state index contributed by atoms with van der Waals surface area (Å²) in [5.41, 5.74) is 5.23. The smallest absolute Gasteiger partial charge is 0.213 e. The van der Waals surface area contributed by atoms with Crippen molar-refractivity contribution >= 4 is 10.0 Å². The minimum absolute atomic E-state index is 0.215. The number of nitrogens with two attached hydrogens (primary N) is 1. The number of hydrogen-bond donors (Lipinski definition) is 2. The van der Waals surface area contributed by atoms with Gasteiger partial charge in [-0.25, -0.2) is 17.5 Å². The molecule has 0 aromatic heterocycles. The molecule has 0 saturated heterocycles. The van der Waals surface area contributed by atoms with Gasteiger partial charge in [0.1, 0.15) is 5.82 Å². The third kappa shape index (κ3) is 6.55. The van der Waals surface area contributed by atoms with Crippen LogP contribution in [-0.2, 0) is 20.3 Å². The van der Waals surface area contributed by atoms with E-state index in [0.717, 1.165) is 12.8 Å². The molecule has 7 heteroatoms. The summed E-state index contributed by atoms with van der Waals surface area (Å²) in [4.78, 5) is 0. The van der Waals surface area contributed by atoms with Crippen molar-refractivity contribution < 1.29 is 17.5 Å². The van der Waals surface area contributed by atoms with Crippen LogP contribution in [0.2, 0.25) is 0 Å². The molecule has 0 saturated carbocycles. The van der Waals surface area contributed by atoms with Crippen LogP contribution in [0.4, 0.5) is 4.39 Å². The van der Waals surface area contributed by atoms with Crippen LogP contribution in [0, 0.1) is 5.82 Å². The Morgan fingerprint density at radius 2 is 1.91 bits per heavy atom. The predicted molar refractivity (Wildman–Crippen MR) is 90.1 cm³/mol. The fourth-order valence-corrected chi connectivity index (χ4v) is 3.52. The molecule has 3 N–H and O–H groups in total. The van der Waals surface area contributed by atoms with Crippen molar-refractivity contribution in [2.75, 3.05) is 26.0 Å². The van der Waals surface area contributed by atoms with E-state index in [2.05, 4.69) is 11.6 Å². The second-order valence-corrected chi connectivity index (χ2v) is 7.60. The fraction of sp³-hybridized carbons (Fsp3) is 0.625. The van der Waals surface area contributed by atoms with Crippen LogP contribution in [0.25, 0.3) is 0 Å². The first-order valence-corrected chi connectivity index (χ1v) is 9.52. The van der Waals surface area contributed by atoms with Crippen LogP contribution in [-0.4, -0.2) is 34.4 Å². The van der Waals surface area contributed by atoms with E-state index < -0.39 is 21.4 Å². The van der Waals surface area contributed by atoms with Crippen LogP contribution in [0.5, 0.6) is 0 Å². The maximum absolute atomic E-state index is 14.1. The molecule has 0 spiro atoms. The summed E-state index contributed by atoms with van der Waals surface area (Å²) in [5, 5.41) is 0. The van der Waals surface area contributed by atoms with Gasteiger partial charge < -0.3 is 10.5 Å². The molecule has 0 bridgehead atoms. The van der Waals surface area contributed by atoms with Gasteiger partial charge in [0.25, 0.3) is 0 Å².